The summed E-state index contributed by atoms with van der Waals surface area (Å²) in [6.45, 7) is 2.42. The summed E-state index contributed by atoms with van der Waals surface area (Å²) in [5.41, 5.74) is 6.07. The van der Waals surface area contributed by atoms with Gasteiger partial charge in [0.05, 0.1) is 0 Å². The van der Waals surface area contributed by atoms with E-state index < -0.39 is 0 Å². The standard InChI is InChI=1S/C30H28/c1-20-8-2-3-10-22-15-17-27-26-16-14-21-9-4-5-12-24(21)25(26)18-19-29(27)30(22)28-13-7-6-11-23(20)28/h4-7,9,11-20,22,30H,2-3,8,10H2,1H3. The van der Waals surface area contributed by atoms with Crippen molar-refractivity contribution in [3.8, 4) is 0 Å². The van der Waals surface area contributed by atoms with E-state index in [0.717, 1.165) is 0 Å². The Morgan fingerprint density at radius 3 is 2.33 bits per heavy atom. The van der Waals surface area contributed by atoms with Crippen LogP contribution in [0.4, 0.5) is 0 Å². The zero-order valence-electron chi connectivity index (χ0n) is 17.6. The number of allylic oxidation sites excluding steroid dienone is 1. The van der Waals surface area contributed by atoms with Gasteiger partial charge in [-0.3, -0.25) is 0 Å². The van der Waals surface area contributed by atoms with Crippen LogP contribution < -0.4 is 0 Å². The quantitative estimate of drug-likeness (QED) is 0.265. The van der Waals surface area contributed by atoms with Crippen LogP contribution in [0.15, 0.2) is 78.9 Å². The molecule has 3 unspecified atom stereocenters. The van der Waals surface area contributed by atoms with Gasteiger partial charge in [0.1, 0.15) is 0 Å². The van der Waals surface area contributed by atoms with Gasteiger partial charge in [0.25, 0.3) is 0 Å². The van der Waals surface area contributed by atoms with Gasteiger partial charge in [-0.25, -0.2) is 0 Å². The normalized spacial score (nSPS) is 23.2. The largest absolute Gasteiger partial charge is 0.0798 e. The van der Waals surface area contributed by atoms with Crippen molar-refractivity contribution >= 4 is 27.6 Å². The SMILES string of the molecule is CC1CCCCC2C=Cc3c(ccc4c3ccc3ccccc34)C2c2ccccc21. The lowest BCUT2D eigenvalue weighted by Crippen LogP contribution is -2.18. The maximum Gasteiger partial charge on any atom is 0.0161 e. The maximum atomic E-state index is 2.52. The van der Waals surface area contributed by atoms with Crippen LogP contribution in [-0.4, -0.2) is 0 Å². The molecule has 0 saturated heterocycles. The topological polar surface area (TPSA) is 0 Å². The molecule has 3 atom stereocenters. The van der Waals surface area contributed by atoms with E-state index >= 15 is 0 Å². The first-order valence-electron chi connectivity index (χ1n) is 11.5. The molecule has 0 saturated carbocycles. The number of benzene rings is 4. The van der Waals surface area contributed by atoms with Crippen LogP contribution in [0.25, 0.3) is 27.6 Å². The lowest BCUT2D eigenvalue weighted by molar-refractivity contribution is 0.492. The van der Waals surface area contributed by atoms with E-state index in [2.05, 4.69) is 91.9 Å². The Bertz CT molecular complexity index is 1280. The van der Waals surface area contributed by atoms with E-state index in [4.69, 9.17) is 0 Å². The first kappa shape index (κ1) is 18.0. The predicted molar refractivity (Wildman–Crippen MR) is 129 cm³/mol. The van der Waals surface area contributed by atoms with Crippen molar-refractivity contribution in [2.24, 2.45) is 5.92 Å². The lowest BCUT2D eigenvalue weighted by Gasteiger charge is -2.33. The van der Waals surface area contributed by atoms with E-state index in [0.29, 0.717) is 17.8 Å². The van der Waals surface area contributed by atoms with E-state index in [1.165, 1.54) is 58.4 Å². The van der Waals surface area contributed by atoms with Gasteiger partial charge in [0.15, 0.2) is 0 Å². The smallest absolute Gasteiger partial charge is 0.0161 e. The molecule has 4 aromatic rings. The molecule has 0 aliphatic heterocycles. The third-order valence-corrected chi connectivity index (χ3v) is 7.56. The van der Waals surface area contributed by atoms with Gasteiger partial charge in [-0.15, -0.1) is 0 Å². The van der Waals surface area contributed by atoms with Crippen molar-refractivity contribution in [1.82, 2.24) is 0 Å². The van der Waals surface area contributed by atoms with E-state index in [1.807, 2.05) is 0 Å². The highest BCUT2D eigenvalue weighted by Crippen LogP contribution is 2.47. The molecule has 2 aliphatic rings. The van der Waals surface area contributed by atoms with E-state index in [9.17, 15) is 0 Å². The zero-order valence-corrected chi connectivity index (χ0v) is 17.6. The van der Waals surface area contributed by atoms with E-state index in [1.54, 1.807) is 11.1 Å². The molecule has 0 N–H and O–H groups in total. The second kappa shape index (κ2) is 7.13. The summed E-state index contributed by atoms with van der Waals surface area (Å²) in [6.07, 6.45) is 10.2. The zero-order chi connectivity index (χ0) is 20.1. The molecular formula is C30H28. The molecule has 0 fully saturated rings. The monoisotopic (exact) mass is 388 g/mol. The van der Waals surface area contributed by atoms with Crippen LogP contribution in [0, 0.1) is 5.92 Å². The molecule has 0 heterocycles. The Morgan fingerprint density at radius 1 is 0.633 bits per heavy atom. The van der Waals surface area contributed by atoms with Crippen molar-refractivity contribution in [2.75, 3.05) is 0 Å². The number of rotatable bonds is 0. The molecule has 30 heavy (non-hydrogen) atoms. The van der Waals surface area contributed by atoms with Gasteiger partial charge in [-0.2, -0.15) is 0 Å². The first-order valence-corrected chi connectivity index (χ1v) is 11.5. The Labute approximate surface area is 179 Å². The van der Waals surface area contributed by atoms with Gasteiger partial charge in [-0.1, -0.05) is 105 Å². The number of hydrogen-bond donors (Lipinski definition) is 0. The fourth-order valence-electron chi connectivity index (χ4n) is 6.04. The summed E-state index contributed by atoms with van der Waals surface area (Å²) < 4.78 is 0. The van der Waals surface area contributed by atoms with Crippen molar-refractivity contribution in [3.63, 3.8) is 0 Å². The molecule has 0 aromatic heterocycles. The molecule has 0 bridgehead atoms. The molecule has 6 rings (SSSR count). The third-order valence-electron chi connectivity index (χ3n) is 7.56. The van der Waals surface area contributed by atoms with Crippen molar-refractivity contribution in [2.45, 2.75) is 44.4 Å². The molecule has 0 radical (unpaired) electrons. The van der Waals surface area contributed by atoms with Crippen molar-refractivity contribution in [3.05, 3.63) is 101 Å². The van der Waals surface area contributed by atoms with Gasteiger partial charge in [0, 0.05) is 5.92 Å². The summed E-state index contributed by atoms with van der Waals surface area (Å²) in [4.78, 5) is 0. The van der Waals surface area contributed by atoms with Crippen LogP contribution in [0.2, 0.25) is 0 Å². The minimum absolute atomic E-state index is 0.470. The van der Waals surface area contributed by atoms with Gasteiger partial charge < -0.3 is 0 Å². The summed E-state index contributed by atoms with van der Waals surface area (Å²) in [6, 6.07) is 27.5. The van der Waals surface area contributed by atoms with Crippen molar-refractivity contribution < 1.29 is 0 Å². The summed E-state index contributed by atoms with van der Waals surface area (Å²) in [7, 11) is 0. The summed E-state index contributed by atoms with van der Waals surface area (Å²) in [5.74, 6) is 1.71. The fraction of sp³-hybridized carbons (Fsp3) is 0.267. The molecule has 0 amide bonds. The minimum atomic E-state index is 0.470. The van der Waals surface area contributed by atoms with Gasteiger partial charge in [-0.05, 0) is 68.5 Å². The Balaban J connectivity index is 1.62. The molecule has 148 valence electrons. The maximum absolute atomic E-state index is 2.52. The van der Waals surface area contributed by atoms with Crippen LogP contribution >= 0.6 is 0 Å². The second-order valence-corrected chi connectivity index (χ2v) is 9.27. The average Bonchev–Trinajstić information content (AvgIpc) is 2.87. The van der Waals surface area contributed by atoms with Crippen LogP contribution in [0.3, 0.4) is 0 Å². The number of hydrogen-bond acceptors (Lipinski definition) is 0. The summed E-state index contributed by atoms with van der Waals surface area (Å²) in [5, 5.41) is 5.45. The van der Waals surface area contributed by atoms with Gasteiger partial charge in [0.2, 0.25) is 0 Å². The highest BCUT2D eigenvalue weighted by atomic mass is 14.3. The van der Waals surface area contributed by atoms with E-state index in [-0.39, 0.29) is 0 Å². The number of fused-ring (bicyclic) bond motifs is 9. The molecular weight excluding hydrogens is 360 g/mol. The molecule has 2 aliphatic carbocycles. The second-order valence-electron chi connectivity index (χ2n) is 9.27. The third kappa shape index (κ3) is 2.74. The Hall–Kier alpha value is -2.86. The Morgan fingerprint density at radius 2 is 1.40 bits per heavy atom. The molecule has 0 spiro atoms. The summed E-state index contributed by atoms with van der Waals surface area (Å²) >= 11 is 0. The fourth-order valence-corrected chi connectivity index (χ4v) is 6.04. The lowest BCUT2D eigenvalue weighted by atomic mass is 9.71. The molecule has 0 nitrogen and oxygen atoms in total. The highest BCUT2D eigenvalue weighted by molar-refractivity contribution is 6.10. The minimum Gasteiger partial charge on any atom is -0.0798 e. The first-order chi connectivity index (χ1) is 14.8. The van der Waals surface area contributed by atoms with Crippen LogP contribution in [0.1, 0.15) is 66.7 Å². The van der Waals surface area contributed by atoms with Crippen LogP contribution in [0.5, 0.6) is 0 Å². The van der Waals surface area contributed by atoms with Gasteiger partial charge >= 0.3 is 0 Å². The molecule has 4 aromatic carbocycles. The van der Waals surface area contributed by atoms with Crippen LogP contribution in [-0.2, 0) is 0 Å². The van der Waals surface area contributed by atoms with Crippen molar-refractivity contribution in [1.29, 1.82) is 0 Å². The molecule has 0 heteroatoms. The highest BCUT2D eigenvalue weighted by Gasteiger charge is 2.31. The predicted octanol–water partition coefficient (Wildman–Crippen LogP) is 8.45. The average molecular weight is 389 g/mol. The Kier molecular flexibility index (Phi) is 4.27.